The molecule has 0 N–H and O–H groups in total. The second-order valence-electron chi connectivity index (χ2n) is 7.57. The molecule has 3 aromatic rings. The number of amides is 1. The van der Waals surface area contributed by atoms with E-state index in [1.54, 1.807) is 58.8 Å². The summed E-state index contributed by atoms with van der Waals surface area (Å²) in [5, 5.41) is 6.57. The monoisotopic (exact) mass is 480 g/mol. The fourth-order valence-electron chi connectivity index (χ4n) is 4.00. The minimum atomic E-state index is -0.448. The molecule has 3 aromatic carbocycles. The minimum Gasteiger partial charge on any atom is -0.497 e. The van der Waals surface area contributed by atoms with Crippen LogP contribution in [0.5, 0.6) is 23.0 Å². The van der Waals surface area contributed by atoms with Crippen LogP contribution in [0, 0.1) is 0 Å². The summed E-state index contributed by atoms with van der Waals surface area (Å²) < 4.78 is 22.0. The second kappa shape index (κ2) is 10.1. The Morgan fingerprint density at radius 3 is 2.24 bits per heavy atom. The molecule has 1 atom stereocenters. The number of halogens is 1. The highest BCUT2D eigenvalue weighted by Gasteiger charge is 2.37. The summed E-state index contributed by atoms with van der Waals surface area (Å²) >= 11 is 6.36. The molecule has 4 rings (SSSR count). The molecule has 1 amide bonds. The average Bonchev–Trinajstić information content (AvgIpc) is 3.32. The summed E-state index contributed by atoms with van der Waals surface area (Å²) in [5.74, 6) is 2.22. The molecule has 0 fully saturated rings. The van der Waals surface area contributed by atoms with E-state index in [9.17, 15) is 4.79 Å². The van der Waals surface area contributed by atoms with Crippen LogP contribution in [0.1, 0.15) is 33.9 Å². The topological polar surface area (TPSA) is 69.6 Å². The molecule has 0 spiro atoms. The number of carbonyl (C=O) groups is 1. The summed E-state index contributed by atoms with van der Waals surface area (Å²) in [6.45, 7) is 0. The van der Waals surface area contributed by atoms with Crippen LogP contribution in [-0.4, -0.2) is 45.1 Å². The molecule has 0 saturated carbocycles. The Kier molecular flexibility index (Phi) is 6.93. The highest BCUT2D eigenvalue weighted by Crippen LogP contribution is 2.41. The first-order valence-corrected chi connectivity index (χ1v) is 11.0. The third-order valence-electron chi connectivity index (χ3n) is 5.74. The largest absolute Gasteiger partial charge is 0.497 e. The number of hydrogen-bond acceptors (Lipinski definition) is 6. The molecule has 1 unspecified atom stereocenters. The fourth-order valence-corrected chi connectivity index (χ4v) is 4.21. The maximum atomic E-state index is 13.6. The number of ether oxygens (including phenoxy) is 4. The summed E-state index contributed by atoms with van der Waals surface area (Å²) in [6, 6.07) is 17.5. The van der Waals surface area contributed by atoms with E-state index in [4.69, 9.17) is 35.6 Å². The zero-order valence-electron chi connectivity index (χ0n) is 19.4. The molecule has 1 aliphatic rings. The molecule has 0 bridgehead atoms. The lowest BCUT2D eigenvalue weighted by Gasteiger charge is -2.24. The molecular formula is C26H25ClN2O5. The maximum absolute atomic E-state index is 13.6. The van der Waals surface area contributed by atoms with E-state index in [0.29, 0.717) is 45.7 Å². The summed E-state index contributed by atoms with van der Waals surface area (Å²) in [6.07, 6.45) is 0.433. The van der Waals surface area contributed by atoms with Gasteiger partial charge >= 0.3 is 0 Å². The predicted molar refractivity (Wildman–Crippen MR) is 131 cm³/mol. The second-order valence-corrected chi connectivity index (χ2v) is 7.98. The van der Waals surface area contributed by atoms with Gasteiger partial charge < -0.3 is 18.9 Å². The molecule has 7 nitrogen and oxygen atoms in total. The third kappa shape index (κ3) is 4.39. The van der Waals surface area contributed by atoms with E-state index in [-0.39, 0.29) is 5.91 Å². The van der Waals surface area contributed by atoms with E-state index in [0.717, 1.165) is 11.1 Å². The van der Waals surface area contributed by atoms with Crippen molar-refractivity contribution >= 4 is 23.2 Å². The van der Waals surface area contributed by atoms with Gasteiger partial charge in [0.05, 0.1) is 50.8 Å². The molecule has 1 aliphatic heterocycles. The van der Waals surface area contributed by atoms with Crippen molar-refractivity contribution in [1.29, 1.82) is 0 Å². The van der Waals surface area contributed by atoms with Gasteiger partial charge in [0.1, 0.15) is 23.0 Å². The van der Waals surface area contributed by atoms with Gasteiger partial charge in [-0.25, -0.2) is 5.01 Å². The molecule has 0 aliphatic carbocycles. The first-order chi connectivity index (χ1) is 16.5. The van der Waals surface area contributed by atoms with Crippen LogP contribution in [0.3, 0.4) is 0 Å². The number of nitrogens with zero attached hydrogens (tertiary/aromatic N) is 2. The normalized spacial score (nSPS) is 15.0. The molecular weight excluding hydrogens is 456 g/mol. The Balaban J connectivity index is 1.84. The lowest BCUT2D eigenvalue weighted by Crippen LogP contribution is -2.27. The third-order valence-corrected chi connectivity index (χ3v) is 6.07. The van der Waals surface area contributed by atoms with Gasteiger partial charge in [-0.2, -0.15) is 5.10 Å². The number of benzene rings is 3. The fraction of sp³-hybridized carbons (Fsp3) is 0.231. The lowest BCUT2D eigenvalue weighted by molar-refractivity contribution is 0.0709. The van der Waals surface area contributed by atoms with Gasteiger partial charge in [0.25, 0.3) is 5.91 Å². The SMILES string of the molecule is COc1ccc(C2=NN(C(=O)c3ccccc3Cl)C(c3cc(OC)ccc3OC)C2)c(OC)c1. The van der Waals surface area contributed by atoms with Gasteiger partial charge in [-0.1, -0.05) is 23.7 Å². The van der Waals surface area contributed by atoms with Crippen LogP contribution in [0.25, 0.3) is 0 Å². The Morgan fingerprint density at radius 2 is 1.56 bits per heavy atom. The number of methoxy groups -OCH3 is 4. The highest BCUT2D eigenvalue weighted by molar-refractivity contribution is 6.33. The van der Waals surface area contributed by atoms with Crippen LogP contribution in [0.2, 0.25) is 5.02 Å². The molecule has 8 heteroatoms. The van der Waals surface area contributed by atoms with Crippen LogP contribution >= 0.6 is 11.6 Å². The van der Waals surface area contributed by atoms with Gasteiger partial charge in [-0.3, -0.25) is 4.79 Å². The molecule has 1 heterocycles. The predicted octanol–water partition coefficient (Wildman–Crippen LogP) is 5.37. The van der Waals surface area contributed by atoms with Crippen LogP contribution in [-0.2, 0) is 0 Å². The number of rotatable bonds is 7. The van der Waals surface area contributed by atoms with Crippen molar-refractivity contribution in [2.45, 2.75) is 12.5 Å². The maximum Gasteiger partial charge on any atom is 0.276 e. The van der Waals surface area contributed by atoms with Gasteiger partial charge in [0.15, 0.2) is 0 Å². The Labute approximate surface area is 203 Å². The summed E-state index contributed by atoms with van der Waals surface area (Å²) in [4.78, 5) is 13.6. The van der Waals surface area contributed by atoms with Crippen molar-refractivity contribution in [3.05, 3.63) is 82.4 Å². The zero-order valence-corrected chi connectivity index (χ0v) is 20.1. The van der Waals surface area contributed by atoms with Gasteiger partial charge in [0, 0.05) is 23.6 Å². The summed E-state index contributed by atoms with van der Waals surface area (Å²) in [7, 11) is 6.37. The number of carbonyl (C=O) groups excluding carboxylic acids is 1. The van der Waals surface area contributed by atoms with Crippen LogP contribution < -0.4 is 18.9 Å². The van der Waals surface area contributed by atoms with Gasteiger partial charge in [-0.15, -0.1) is 0 Å². The lowest BCUT2D eigenvalue weighted by atomic mass is 9.96. The van der Waals surface area contributed by atoms with Crippen molar-refractivity contribution in [2.75, 3.05) is 28.4 Å². The quantitative estimate of drug-likeness (QED) is 0.455. The Hall–Kier alpha value is -3.71. The molecule has 0 aromatic heterocycles. The molecule has 34 heavy (non-hydrogen) atoms. The van der Waals surface area contributed by atoms with Crippen LogP contribution in [0.15, 0.2) is 65.8 Å². The Morgan fingerprint density at radius 1 is 0.882 bits per heavy atom. The van der Waals surface area contributed by atoms with Crippen molar-refractivity contribution in [2.24, 2.45) is 5.10 Å². The Bertz CT molecular complexity index is 1240. The van der Waals surface area contributed by atoms with E-state index < -0.39 is 6.04 Å². The van der Waals surface area contributed by atoms with E-state index in [2.05, 4.69) is 0 Å². The zero-order chi connectivity index (χ0) is 24.2. The van der Waals surface area contributed by atoms with E-state index >= 15 is 0 Å². The van der Waals surface area contributed by atoms with E-state index in [1.165, 1.54) is 5.01 Å². The van der Waals surface area contributed by atoms with Crippen molar-refractivity contribution < 1.29 is 23.7 Å². The molecule has 0 radical (unpaired) electrons. The van der Waals surface area contributed by atoms with Crippen molar-refractivity contribution in [1.82, 2.24) is 5.01 Å². The first-order valence-electron chi connectivity index (χ1n) is 10.6. The van der Waals surface area contributed by atoms with Gasteiger partial charge in [0.2, 0.25) is 0 Å². The highest BCUT2D eigenvalue weighted by atomic mass is 35.5. The van der Waals surface area contributed by atoms with Crippen molar-refractivity contribution in [3.63, 3.8) is 0 Å². The number of hydrogen-bond donors (Lipinski definition) is 0. The first kappa shape index (κ1) is 23.4. The number of hydrazone groups is 1. The minimum absolute atomic E-state index is 0.317. The van der Waals surface area contributed by atoms with Crippen LogP contribution in [0.4, 0.5) is 0 Å². The van der Waals surface area contributed by atoms with Crippen molar-refractivity contribution in [3.8, 4) is 23.0 Å². The van der Waals surface area contributed by atoms with Gasteiger partial charge in [-0.05, 0) is 42.5 Å². The average molecular weight is 481 g/mol. The smallest absolute Gasteiger partial charge is 0.276 e. The molecule has 176 valence electrons. The molecule has 0 saturated heterocycles. The standard InChI is InChI=1S/C26H25ClN2O5/c1-31-16-10-12-24(33-3)20(13-16)23-15-22(19-11-9-17(32-2)14-25(19)34-4)28-29(23)26(30)18-7-5-6-8-21(18)27/h5-14,23H,15H2,1-4H3. The summed E-state index contributed by atoms with van der Waals surface area (Å²) in [5.41, 5.74) is 2.59. The van der Waals surface area contributed by atoms with E-state index in [1.807, 2.05) is 30.3 Å².